The first-order valence-electron chi connectivity index (χ1n) is 10.5. The van der Waals surface area contributed by atoms with Crippen molar-refractivity contribution >= 4 is 12.9 Å². The second-order valence-corrected chi connectivity index (χ2v) is 9.53. The number of Topliss-reactive ketones (excluding diaryl/α,β-unsaturated/α-hetero) is 1. The molecule has 152 valence electrons. The minimum atomic E-state index is -0.434. The van der Waals surface area contributed by atoms with Gasteiger partial charge in [0.2, 0.25) is 0 Å². The molecule has 0 spiro atoms. The lowest BCUT2D eigenvalue weighted by Gasteiger charge is -2.48. The number of morpholine rings is 1. The predicted octanol–water partition coefficient (Wildman–Crippen LogP) is 3.33. The summed E-state index contributed by atoms with van der Waals surface area (Å²) in [5.41, 5.74) is 0.546. The monoisotopic (exact) mass is 385 g/mol. The summed E-state index contributed by atoms with van der Waals surface area (Å²) in [5.74, 6) is 0.347. The van der Waals surface area contributed by atoms with E-state index in [1.54, 1.807) is 0 Å². The molecule has 28 heavy (non-hydrogen) atoms. The van der Waals surface area contributed by atoms with Gasteiger partial charge < -0.3 is 14.0 Å². The highest BCUT2D eigenvalue weighted by Gasteiger charge is 2.52. The van der Waals surface area contributed by atoms with Gasteiger partial charge in [-0.2, -0.15) is 0 Å². The van der Waals surface area contributed by atoms with Gasteiger partial charge in [-0.25, -0.2) is 0 Å². The maximum atomic E-state index is 13.1. The van der Waals surface area contributed by atoms with Crippen molar-refractivity contribution in [2.45, 2.75) is 76.7 Å². The van der Waals surface area contributed by atoms with Gasteiger partial charge in [0.25, 0.3) is 0 Å². The van der Waals surface area contributed by atoms with Crippen LogP contribution in [0.2, 0.25) is 6.32 Å². The van der Waals surface area contributed by atoms with Crippen molar-refractivity contribution in [2.75, 3.05) is 13.2 Å². The minimum absolute atomic E-state index is 0.0740. The normalized spacial score (nSPS) is 31.7. The molecule has 0 N–H and O–H groups in total. The number of nitrogens with zero attached hydrogens (tertiary/aromatic N) is 1. The van der Waals surface area contributed by atoms with E-state index >= 15 is 0 Å². The molecular formula is C22H32BNO4. The zero-order chi connectivity index (χ0) is 19.9. The molecule has 2 atom stereocenters. The quantitative estimate of drug-likeness (QED) is 0.728. The number of ether oxygens (including phenoxy) is 1. The fourth-order valence-electron chi connectivity index (χ4n) is 4.68. The fourth-order valence-corrected chi connectivity index (χ4v) is 4.68. The third kappa shape index (κ3) is 3.93. The van der Waals surface area contributed by atoms with Gasteiger partial charge in [0.15, 0.2) is 0 Å². The summed E-state index contributed by atoms with van der Waals surface area (Å²) in [5, 5.41) is 0. The number of benzene rings is 1. The molecule has 3 aliphatic rings. The van der Waals surface area contributed by atoms with Crippen LogP contribution in [0.25, 0.3) is 0 Å². The molecule has 1 aromatic rings. The van der Waals surface area contributed by atoms with Crippen molar-refractivity contribution in [1.82, 2.24) is 4.90 Å². The van der Waals surface area contributed by atoms with Crippen molar-refractivity contribution in [3.05, 3.63) is 35.9 Å². The summed E-state index contributed by atoms with van der Waals surface area (Å²) in [4.78, 5) is 15.6. The number of hydrogen-bond donors (Lipinski definition) is 0. The Hall–Kier alpha value is -1.21. The largest absolute Gasteiger partial charge is 0.465 e. The number of ketones is 1. The summed E-state index contributed by atoms with van der Waals surface area (Å²) in [7, 11) is -0.434. The first-order chi connectivity index (χ1) is 13.2. The third-order valence-corrected chi connectivity index (χ3v) is 7.00. The lowest BCUT2D eigenvalue weighted by Crippen LogP contribution is -2.57. The number of piperidine rings is 1. The summed E-state index contributed by atoms with van der Waals surface area (Å²) < 4.78 is 17.9. The first kappa shape index (κ1) is 20.1. The maximum absolute atomic E-state index is 13.1. The van der Waals surface area contributed by atoms with Gasteiger partial charge in [0.05, 0.1) is 24.4 Å². The molecule has 0 saturated carbocycles. The van der Waals surface area contributed by atoms with Gasteiger partial charge >= 0.3 is 7.12 Å². The van der Waals surface area contributed by atoms with E-state index in [2.05, 4.69) is 29.2 Å². The van der Waals surface area contributed by atoms with Crippen LogP contribution in [0.4, 0.5) is 0 Å². The van der Waals surface area contributed by atoms with E-state index in [1.807, 2.05) is 33.8 Å². The smallest absolute Gasteiger partial charge is 0.403 e. The van der Waals surface area contributed by atoms with Gasteiger partial charge in [-0.05, 0) is 46.1 Å². The van der Waals surface area contributed by atoms with E-state index in [-0.39, 0.29) is 22.9 Å². The number of rotatable bonds is 5. The van der Waals surface area contributed by atoms with Crippen molar-refractivity contribution in [3.8, 4) is 0 Å². The van der Waals surface area contributed by atoms with Crippen molar-refractivity contribution in [2.24, 2.45) is 5.92 Å². The van der Waals surface area contributed by atoms with Gasteiger partial charge in [-0.15, -0.1) is 0 Å². The molecule has 1 aromatic carbocycles. The molecule has 0 aliphatic carbocycles. The lowest BCUT2D eigenvalue weighted by atomic mass is 9.74. The zero-order valence-corrected chi connectivity index (χ0v) is 17.5. The first-order valence-corrected chi connectivity index (χ1v) is 10.5. The van der Waals surface area contributed by atoms with Crippen molar-refractivity contribution < 1.29 is 18.8 Å². The van der Waals surface area contributed by atoms with Crippen LogP contribution in [0.3, 0.4) is 0 Å². The third-order valence-electron chi connectivity index (χ3n) is 7.00. The standard InChI is InChI=1S/C22H32BNO4/c1-21(2)22(3,4)28-23(27-21)12-20(25)17-10-18-14-26-15-19(11-17)24(18)13-16-8-6-5-7-9-16/h5-9,17-19H,10-15H2,1-4H3. The van der Waals surface area contributed by atoms with Crippen LogP contribution in [-0.4, -0.2) is 54.3 Å². The summed E-state index contributed by atoms with van der Waals surface area (Å²) in [6.45, 7) is 10.5. The highest BCUT2D eigenvalue weighted by atomic mass is 16.7. The average molecular weight is 385 g/mol. The van der Waals surface area contributed by atoms with Gasteiger partial charge in [-0.3, -0.25) is 9.69 Å². The molecule has 2 bridgehead atoms. The summed E-state index contributed by atoms with van der Waals surface area (Å²) in [6, 6.07) is 11.2. The Morgan fingerprint density at radius 2 is 1.61 bits per heavy atom. The molecule has 3 fully saturated rings. The molecule has 3 heterocycles. The fraction of sp³-hybridized carbons (Fsp3) is 0.682. The Balaban J connectivity index is 1.38. The molecule has 0 aromatic heterocycles. The molecule has 5 nitrogen and oxygen atoms in total. The molecule has 3 saturated heterocycles. The Morgan fingerprint density at radius 1 is 1.04 bits per heavy atom. The Labute approximate surface area is 168 Å². The Kier molecular flexibility index (Phi) is 5.42. The Bertz CT molecular complexity index is 678. The van der Waals surface area contributed by atoms with Gasteiger partial charge in [0.1, 0.15) is 5.78 Å². The van der Waals surface area contributed by atoms with Gasteiger partial charge in [-0.1, -0.05) is 30.3 Å². The number of carbonyl (C=O) groups is 1. The molecule has 6 heteroatoms. The number of fused-ring (bicyclic) bond motifs is 2. The van der Waals surface area contributed by atoms with Crippen molar-refractivity contribution in [3.63, 3.8) is 0 Å². The molecule has 3 aliphatic heterocycles. The van der Waals surface area contributed by atoms with E-state index in [9.17, 15) is 4.79 Å². The van der Waals surface area contributed by atoms with E-state index in [1.165, 1.54) is 5.56 Å². The SMILES string of the molecule is CC1(C)OB(CC(=O)C2CC3COCC(C2)N3Cc2ccccc2)OC1(C)C. The van der Waals surface area contributed by atoms with E-state index in [4.69, 9.17) is 14.0 Å². The van der Waals surface area contributed by atoms with Crippen molar-refractivity contribution in [1.29, 1.82) is 0 Å². The van der Waals surface area contributed by atoms with E-state index in [0.717, 1.165) is 19.4 Å². The molecule has 2 unspecified atom stereocenters. The average Bonchev–Trinajstić information content (AvgIpc) is 2.81. The maximum Gasteiger partial charge on any atom is 0.465 e. The van der Waals surface area contributed by atoms with E-state index in [0.29, 0.717) is 31.6 Å². The molecule has 0 amide bonds. The number of carbonyl (C=O) groups excluding carboxylic acids is 1. The number of hydrogen-bond acceptors (Lipinski definition) is 5. The topological polar surface area (TPSA) is 48.0 Å². The molecule has 0 radical (unpaired) electrons. The highest BCUT2D eigenvalue weighted by molar-refractivity contribution is 6.50. The van der Waals surface area contributed by atoms with Crippen LogP contribution < -0.4 is 0 Å². The highest BCUT2D eigenvalue weighted by Crippen LogP contribution is 2.39. The van der Waals surface area contributed by atoms with Crippen LogP contribution in [0.5, 0.6) is 0 Å². The minimum Gasteiger partial charge on any atom is -0.403 e. The van der Waals surface area contributed by atoms with Crippen LogP contribution in [-0.2, 0) is 25.4 Å². The van der Waals surface area contributed by atoms with E-state index < -0.39 is 7.12 Å². The lowest BCUT2D eigenvalue weighted by molar-refractivity contribution is -0.131. The zero-order valence-electron chi connectivity index (χ0n) is 17.5. The summed E-state index contributed by atoms with van der Waals surface area (Å²) >= 11 is 0. The second kappa shape index (κ2) is 7.56. The van der Waals surface area contributed by atoms with Crippen LogP contribution in [0.15, 0.2) is 30.3 Å². The van der Waals surface area contributed by atoms with Gasteiger partial charge in [0, 0.05) is 30.9 Å². The molecule has 4 rings (SSSR count). The summed E-state index contributed by atoms with van der Waals surface area (Å²) in [6.07, 6.45) is 2.07. The molecular weight excluding hydrogens is 353 g/mol. The Morgan fingerprint density at radius 3 is 2.18 bits per heavy atom. The van der Waals surface area contributed by atoms with Crippen LogP contribution >= 0.6 is 0 Å². The predicted molar refractivity (Wildman–Crippen MR) is 109 cm³/mol. The van der Waals surface area contributed by atoms with Crippen LogP contribution in [0, 0.1) is 5.92 Å². The second-order valence-electron chi connectivity index (χ2n) is 9.53. The van der Waals surface area contributed by atoms with Crippen LogP contribution in [0.1, 0.15) is 46.1 Å².